The van der Waals surface area contributed by atoms with Gasteiger partial charge in [-0.15, -0.1) is 0 Å². The summed E-state index contributed by atoms with van der Waals surface area (Å²) in [7, 11) is 3.24. The quantitative estimate of drug-likeness (QED) is 0.0774. The van der Waals surface area contributed by atoms with Gasteiger partial charge < -0.3 is 61.5 Å². The fourth-order valence-corrected chi connectivity index (χ4v) is 11.6. The highest BCUT2D eigenvalue weighted by Crippen LogP contribution is 2.42. The zero-order valence-electron chi connectivity index (χ0n) is 34.9. The van der Waals surface area contributed by atoms with E-state index in [2.05, 4.69) is 52.6 Å². The summed E-state index contributed by atoms with van der Waals surface area (Å²) >= 11 is 0. The van der Waals surface area contributed by atoms with Gasteiger partial charge >= 0.3 is 0 Å². The van der Waals surface area contributed by atoms with E-state index in [0.717, 1.165) is 41.7 Å². The molecule has 12 atom stereocenters. The number of allylic oxidation sites excluding steroid dienone is 3. The maximum absolute atomic E-state index is 12.1. The molecular weight excluding hydrogens is 801 g/mol. The number of benzene rings is 1. The Morgan fingerprint density at radius 2 is 1.90 bits per heavy atom. The second-order valence-corrected chi connectivity index (χ2v) is 19.3. The fourth-order valence-electron chi connectivity index (χ4n) is 9.14. The van der Waals surface area contributed by atoms with Crippen LogP contribution in [0.5, 0.6) is 11.5 Å². The van der Waals surface area contributed by atoms with Gasteiger partial charge in [-0.25, -0.2) is 0 Å². The van der Waals surface area contributed by atoms with Crippen LogP contribution in [0.25, 0.3) is 0 Å². The van der Waals surface area contributed by atoms with E-state index in [0.29, 0.717) is 56.1 Å². The van der Waals surface area contributed by atoms with Gasteiger partial charge in [-0.2, -0.15) is 0 Å². The monoisotopic (exact) mass is 866 g/mol. The molecule has 14 heteroatoms. The SMILES string of the molecule is CC[C@H]1C#C[C@H]2C=C[C@H](c3ccc(O)c(O[C@@H]4C[C@H](Cc5ccc[nH]5)C5=CCNC(N)=C5CSSC[C@H](CO)[C@H]4O)c3)C[C@@H](O)[C@H]2[C@@H](OCCO)CC[C@@H](NC[C@H](C)O)C1. The van der Waals surface area contributed by atoms with E-state index in [4.69, 9.17) is 15.2 Å². The second-order valence-electron chi connectivity index (χ2n) is 16.8. The number of dihydropyridines is 1. The third-order valence-corrected chi connectivity index (χ3v) is 14.9. The van der Waals surface area contributed by atoms with Crippen LogP contribution in [0.15, 0.2) is 71.7 Å². The molecule has 60 heavy (non-hydrogen) atoms. The summed E-state index contributed by atoms with van der Waals surface area (Å²) in [5.74, 6) is 7.68. The van der Waals surface area contributed by atoms with E-state index >= 15 is 0 Å². The number of rotatable bonds is 13. The highest BCUT2D eigenvalue weighted by molar-refractivity contribution is 8.76. The summed E-state index contributed by atoms with van der Waals surface area (Å²) in [5, 5.41) is 72.5. The van der Waals surface area contributed by atoms with Crippen molar-refractivity contribution >= 4 is 21.6 Å². The molecule has 2 aliphatic heterocycles. The zero-order valence-corrected chi connectivity index (χ0v) is 36.6. The molecule has 330 valence electrons. The number of hydrogen-bond acceptors (Lipinski definition) is 13. The van der Waals surface area contributed by atoms with E-state index in [1.165, 1.54) is 0 Å². The molecule has 1 saturated heterocycles. The number of nitrogens with one attached hydrogen (secondary N) is 3. The number of aromatic nitrogens is 1. The molecular formula is C46H66N4O8S2. The van der Waals surface area contributed by atoms with Crippen molar-refractivity contribution in [3.8, 4) is 23.3 Å². The molecule has 0 spiro atoms. The van der Waals surface area contributed by atoms with Gasteiger partial charge in [0.25, 0.3) is 0 Å². The van der Waals surface area contributed by atoms with Gasteiger partial charge in [-0.3, -0.25) is 0 Å². The lowest BCUT2D eigenvalue weighted by molar-refractivity contribution is -0.0611. The number of aliphatic hydroxyl groups is 5. The minimum absolute atomic E-state index is 0.0717. The first-order valence-corrected chi connectivity index (χ1v) is 24.2. The number of aliphatic hydroxyl groups excluding tert-OH is 5. The first-order valence-electron chi connectivity index (χ1n) is 21.7. The molecule has 2 aromatic rings. The molecule has 2 aliphatic carbocycles. The summed E-state index contributed by atoms with van der Waals surface area (Å²) in [5.41, 5.74) is 10.6. The van der Waals surface area contributed by atoms with E-state index in [-0.39, 0.29) is 73.1 Å². The number of aromatic hydroxyl groups is 1. The standard InChI is InChI=1S/C46H66N4O8S2/c1-3-29-6-7-30-8-9-31(21-40(55)44(30)41(57-18-17-51)13-11-36(19-29)50-24-28(2)53)32-10-12-39(54)42(22-32)58-43-23-33(20-35-5-4-15-48-35)37-14-16-49-46(47)38(37)27-60-59-26-34(25-52)45(43)56/h4-5,8-10,12,14-15,22,28-31,33-34,36,40-41,43-45,48-56H,3,11,13,16-21,23-27,47H2,1-2H3/t28-,29-,30-,31-,33-,34-,36+,40+,41-,43+,44-,45+/m0/s1. The summed E-state index contributed by atoms with van der Waals surface area (Å²) in [6, 6.07) is 9.38. The highest BCUT2D eigenvalue weighted by atomic mass is 33.1. The predicted octanol–water partition coefficient (Wildman–Crippen LogP) is 4.35. The molecule has 3 heterocycles. The third kappa shape index (κ3) is 12.3. The van der Waals surface area contributed by atoms with Crippen molar-refractivity contribution in [1.29, 1.82) is 0 Å². The Kier molecular flexibility index (Phi) is 17.7. The first kappa shape index (κ1) is 46.4. The molecule has 0 radical (unpaired) electrons. The van der Waals surface area contributed by atoms with E-state index < -0.39 is 30.3 Å². The Bertz CT molecular complexity index is 1810. The smallest absolute Gasteiger partial charge is 0.161 e. The van der Waals surface area contributed by atoms with Crippen LogP contribution < -0.4 is 21.1 Å². The molecule has 1 fully saturated rings. The van der Waals surface area contributed by atoms with Gasteiger partial charge in [0.15, 0.2) is 11.5 Å². The van der Waals surface area contributed by atoms with Crippen LogP contribution in [0.4, 0.5) is 0 Å². The van der Waals surface area contributed by atoms with Gasteiger partial charge in [0.1, 0.15) is 11.9 Å². The average Bonchev–Trinajstić information content (AvgIpc) is 3.69. The maximum Gasteiger partial charge on any atom is 0.161 e. The van der Waals surface area contributed by atoms with Crippen LogP contribution in [0.1, 0.15) is 69.5 Å². The van der Waals surface area contributed by atoms with E-state index in [1.54, 1.807) is 40.6 Å². The number of H-pyrrole nitrogens is 1. The van der Waals surface area contributed by atoms with Crippen LogP contribution in [0.3, 0.4) is 0 Å². The topological polar surface area (TPSA) is 206 Å². The van der Waals surface area contributed by atoms with Crippen LogP contribution in [0, 0.1) is 41.4 Å². The molecule has 0 unspecified atom stereocenters. The number of hydrogen-bond donors (Lipinski definition) is 10. The zero-order chi connectivity index (χ0) is 42.6. The summed E-state index contributed by atoms with van der Waals surface area (Å²) < 4.78 is 13.0. The lowest BCUT2D eigenvalue weighted by atomic mass is 9.78. The molecule has 6 rings (SSSR count). The van der Waals surface area contributed by atoms with Gasteiger partial charge in [-0.05, 0) is 93.2 Å². The Balaban J connectivity index is 1.30. The normalized spacial score (nSPS) is 32.1. The van der Waals surface area contributed by atoms with Crippen molar-refractivity contribution in [3.63, 3.8) is 0 Å². The van der Waals surface area contributed by atoms with Crippen LogP contribution in [-0.4, -0.2) is 117 Å². The van der Waals surface area contributed by atoms with Crippen molar-refractivity contribution in [2.24, 2.45) is 35.3 Å². The number of nitrogens with two attached hydrogens (primary N) is 1. The minimum Gasteiger partial charge on any atom is -0.504 e. The Hall–Kier alpha value is -3.10. The summed E-state index contributed by atoms with van der Waals surface area (Å²) in [6.07, 6.45) is 9.31. The van der Waals surface area contributed by atoms with Crippen molar-refractivity contribution in [3.05, 3.63) is 83.0 Å². The van der Waals surface area contributed by atoms with Crippen molar-refractivity contribution in [2.45, 2.75) is 101 Å². The van der Waals surface area contributed by atoms with Gasteiger partial charge in [0.05, 0.1) is 37.6 Å². The molecule has 0 saturated carbocycles. The number of phenols is 1. The minimum atomic E-state index is -1.05. The third-order valence-electron chi connectivity index (χ3n) is 12.5. The lowest BCUT2D eigenvalue weighted by Gasteiger charge is -2.35. The number of phenolic OH excluding ortho intramolecular Hbond substituents is 1. The largest absolute Gasteiger partial charge is 0.504 e. The Morgan fingerprint density at radius 1 is 1.05 bits per heavy atom. The second kappa shape index (κ2) is 22.8. The fraction of sp³-hybridized carbons (Fsp3) is 0.609. The van der Waals surface area contributed by atoms with Crippen LogP contribution in [0.2, 0.25) is 0 Å². The number of aromatic amines is 1. The molecule has 1 aromatic carbocycles. The predicted molar refractivity (Wildman–Crippen MR) is 239 cm³/mol. The number of fused-ring (bicyclic) bond motifs is 2. The summed E-state index contributed by atoms with van der Waals surface area (Å²) in [6.45, 7) is 4.76. The maximum atomic E-state index is 12.1. The van der Waals surface area contributed by atoms with Crippen LogP contribution >= 0.6 is 21.6 Å². The lowest BCUT2D eigenvalue weighted by Crippen LogP contribution is -2.42. The van der Waals surface area contributed by atoms with Crippen molar-refractivity contribution in [1.82, 2.24) is 15.6 Å². The molecule has 1 aromatic heterocycles. The van der Waals surface area contributed by atoms with Crippen LogP contribution in [-0.2, 0) is 11.2 Å². The van der Waals surface area contributed by atoms with Gasteiger partial charge in [0.2, 0.25) is 0 Å². The highest BCUT2D eigenvalue weighted by Gasteiger charge is 2.39. The number of ether oxygens (including phenoxy) is 2. The molecule has 4 aliphatic rings. The molecule has 11 N–H and O–H groups in total. The van der Waals surface area contributed by atoms with E-state index in [9.17, 15) is 30.6 Å². The van der Waals surface area contributed by atoms with Gasteiger partial charge in [0, 0.05) is 84.3 Å². The Labute approximate surface area is 363 Å². The molecule has 0 amide bonds. The van der Waals surface area contributed by atoms with Gasteiger partial charge in [-0.1, -0.05) is 64.6 Å². The Morgan fingerprint density at radius 3 is 2.65 bits per heavy atom. The average molecular weight is 867 g/mol. The van der Waals surface area contributed by atoms with Crippen molar-refractivity contribution in [2.75, 3.05) is 44.4 Å². The molecule has 12 nitrogen and oxygen atoms in total. The van der Waals surface area contributed by atoms with Crippen molar-refractivity contribution < 1.29 is 40.1 Å². The molecule has 0 bridgehead atoms. The van der Waals surface area contributed by atoms with E-state index in [1.807, 2.05) is 24.4 Å². The first-order chi connectivity index (χ1) is 29.1. The summed E-state index contributed by atoms with van der Waals surface area (Å²) in [4.78, 5) is 3.34.